The van der Waals surface area contributed by atoms with Gasteiger partial charge in [-0.25, -0.2) is 0 Å². The molecule has 0 aromatic carbocycles. The standard InChI is InChI=1S/C12H21N3/c1-3-14-12(2,8-13)9-15-7-10-4-5-11(15)6-10/h10-11,14H,3-7,9H2,1-2H3. The molecule has 1 saturated carbocycles. The lowest BCUT2D eigenvalue weighted by Gasteiger charge is -2.33. The first-order chi connectivity index (χ1) is 7.17. The van der Waals surface area contributed by atoms with Crippen LogP contribution in [-0.4, -0.2) is 36.1 Å². The molecule has 0 radical (unpaired) electrons. The van der Waals surface area contributed by atoms with E-state index in [2.05, 4.69) is 23.2 Å². The van der Waals surface area contributed by atoms with Crippen LogP contribution in [0.3, 0.4) is 0 Å². The molecule has 15 heavy (non-hydrogen) atoms. The van der Waals surface area contributed by atoms with Gasteiger partial charge in [0.15, 0.2) is 0 Å². The molecule has 0 spiro atoms. The fourth-order valence-corrected chi connectivity index (χ4v) is 3.15. The second-order valence-electron chi connectivity index (χ2n) is 5.24. The van der Waals surface area contributed by atoms with E-state index in [9.17, 15) is 5.26 Å². The maximum absolute atomic E-state index is 9.21. The van der Waals surface area contributed by atoms with Crippen molar-refractivity contribution in [1.29, 1.82) is 5.26 Å². The minimum atomic E-state index is -0.362. The van der Waals surface area contributed by atoms with Crippen LogP contribution in [0.4, 0.5) is 0 Å². The average Bonchev–Trinajstić information content (AvgIpc) is 2.79. The van der Waals surface area contributed by atoms with Gasteiger partial charge in [0.1, 0.15) is 5.54 Å². The van der Waals surface area contributed by atoms with Crippen LogP contribution >= 0.6 is 0 Å². The first-order valence-corrected chi connectivity index (χ1v) is 6.07. The quantitative estimate of drug-likeness (QED) is 0.756. The zero-order valence-electron chi connectivity index (χ0n) is 9.79. The summed E-state index contributed by atoms with van der Waals surface area (Å²) < 4.78 is 0. The lowest BCUT2D eigenvalue weighted by atomic mass is 10.0. The van der Waals surface area contributed by atoms with Crippen molar-refractivity contribution in [3.8, 4) is 6.07 Å². The van der Waals surface area contributed by atoms with Gasteiger partial charge in [0.25, 0.3) is 0 Å². The van der Waals surface area contributed by atoms with Crippen LogP contribution in [0.5, 0.6) is 0 Å². The third kappa shape index (κ3) is 2.16. The Balaban J connectivity index is 1.93. The van der Waals surface area contributed by atoms with Crippen molar-refractivity contribution in [3.05, 3.63) is 0 Å². The Hall–Kier alpha value is -0.590. The number of rotatable bonds is 4. The highest BCUT2D eigenvalue weighted by atomic mass is 15.2. The first-order valence-electron chi connectivity index (χ1n) is 6.07. The molecule has 1 saturated heterocycles. The van der Waals surface area contributed by atoms with Crippen molar-refractivity contribution >= 4 is 0 Å². The number of fused-ring (bicyclic) bond motifs is 2. The summed E-state index contributed by atoms with van der Waals surface area (Å²) in [6.45, 7) is 7.05. The largest absolute Gasteiger partial charge is 0.299 e. The van der Waals surface area contributed by atoms with E-state index in [4.69, 9.17) is 0 Å². The van der Waals surface area contributed by atoms with Crippen molar-refractivity contribution in [2.45, 2.75) is 44.7 Å². The van der Waals surface area contributed by atoms with Crippen LogP contribution in [0.25, 0.3) is 0 Å². The number of nitriles is 1. The Kier molecular flexibility index (Phi) is 2.99. The Labute approximate surface area is 92.4 Å². The number of nitrogens with one attached hydrogen (secondary N) is 1. The highest BCUT2D eigenvalue weighted by molar-refractivity contribution is 5.08. The molecule has 2 bridgehead atoms. The molecule has 0 amide bonds. The van der Waals surface area contributed by atoms with Gasteiger partial charge in [-0.15, -0.1) is 0 Å². The Bertz CT molecular complexity index is 271. The van der Waals surface area contributed by atoms with E-state index in [0.29, 0.717) is 0 Å². The summed E-state index contributed by atoms with van der Waals surface area (Å²) in [5.74, 6) is 0.916. The molecule has 84 valence electrons. The molecule has 0 aromatic rings. The fraction of sp³-hybridized carbons (Fsp3) is 0.917. The van der Waals surface area contributed by atoms with Gasteiger partial charge in [0.05, 0.1) is 6.07 Å². The summed E-state index contributed by atoms with van der Waals surface area (Å²) in [7, 11) is 0. The van der Waals surface area contributed by atoms with E-state index >= 15 is 0 Å². The van der Waals surface area contributed by atoms with Gasteiger partial charge in [-0.3, -0.25) is 10.2 Å². The maximum Gasteiger partial charge on any atom is 0.116 e. The zero-order valence-corrected chi connectivity index (χ0v) is 9.79. The molecule has 1 aliphatic heterocycles. The van der Waals surface area contributed by atoms with Crippen LogP contribution in [0.1, 0.15) is 33.1 Å². The number of piperidine rings is 1. The summed E-state index contributed by atoms with van der Waals surface area (Å²) in [6.07, 6.45) is 4.12. The molecule has 3 heteroatoms. The Morgan fingerprint density at radius 1 is 1.53 bits per heavy atom. The molecule has 3 atom stereocenters. The van der Waals surface area contributed by atoms with Gasteiger partial charge < -0.3 is 0 Å². The average molecular weight is 207 g/mol. The van der Waals surface area contributed by atoms with Crippen molar-refractivity contribution in [3.63, 3.8) is 0 Å². The van der Waals surface area contributed by atoms with Crippen LogP contribution in [-0.2, 0) is 0 Å². The van der Waals surface area contributed by atoms with E-state index in [1.165, 1.54) is 25.8 Å². The second-order valence-corrected chi connectivity index (χ2v) is 5.24. The maximum atomic E-state index is 9.21. The summed E-state index contributed by atoms with van der Waals surface area (Å²) in [6, 6.07) is 3.18. The number of hydrogen-bond acceptors (Lipinski definition) is 3. The molecular formula is C12H21N3. The normalized spacial score (nSPS) is 33.9. The van der Waals surface area contributed by atoms with Gasteiger partial charge in [-0.05, 0) is 38.6 Å². The van der Waals surface area contributed by atoms with Crippen molar-refractivity contribution in [2.24, 2.45) is 5.92 Å². The highest BCUT2D eigenvalue weighted by Crippen LogP contribution is 2.37. The molecule has 2 fully saturated rings. The van der Waals surface area contributed by atoms with Gasteiger partial charge in [0.2, 0.25) is 0 Å². The Morgan fingerprint density at radius 2 is 2.33 bits per heavy atom. The number of likely N-dealkylation sites (tertiary alicyclic amines) is 1. The highest BCUT2D eigenvalue weighted by Gasteiger charge is 2.40. The SMILES string of the molecule is CCNC(C)(C#N)CN1CC2CCC1C2. The van der Waals surface area contributed by atoms with Crippen molar-refractivity contribution < 1.29 is 0 Å². The summed E-state index contributed by atoms with van der Waals surface area (Å²) in [5.41, 5.74) is -0.362. The van der Waals surface area contributed by atoms with Gasteiger partial charge >= 0.3 is 0 Å². The fourth-order valence-electron chi connectivity index (χ4n) is 3.15. The molecule has 3 unspecified atom stereocenters. The molecule has 1 aliphatic carbocycles. The summed E-state index contributed by atoms with van der Waals surface area (Å²) in [4.78, 5) is 2.51. The minimum Gasteiger partial charge on any atom is -0.299 e. The number of nitrogens with zero attached hydrogens (tertiary/aromatic N) is 2. The molecule has 2 rings (SSSR count). The minimum absolute atomic E-state index is 0.362. The third-order valence-corrected chi connectivity index (χ3v) is 3.86. The molecule has 2 aliphatic rings. The monoisotopic (exact) mass is 207 g/mol. The molecule has 0 aromatic heterocycles. The molecular weight excluding hydrogens is 186 g/mol. The first kappa shape index (κ1) is 10.9. The van der Waals surface area contributed by atoms with E-state index in [-0.39, 0.29) is 5.54 Å². The number of hydrogen-bond donors (Lipinski definition) is 1. The predicted octanol–water partition coefficient (Wildman–Crippen LogP) is 1.36. The van der Waals surface area contributed by atoms with Crippen LogP contribution in [0.2, 0.25) is 0 Å². The third-order valence-electron chi connectivity index (χ3n) is 3.86. The predicted molar refractivity (Wildman–Crippen MR) is 60.4 cm³/mol. The van der Waals surface area contributed by atoms with E-state index in [0.717, 1.165) is 25.0 Å². The summed E-state index contributed by atoms with van der Waals surface area (Å²) in [5, 5.41) is 12.5. The van der Waals surface area contributed by atoms with Gasteiger partial charge in [-0.1, -0.05) is 6.92 Å². The zero-order chi connectivity index (χ0) is 10.9. The van der Waals surface area contributed by atoms with E-state index < -0.39 is 0 Å². The van der Waals surface area contributed by atoms with Crippen LogP contribution < -0.4 is 5.32 Å². The van der Waals surface area contributed by atoms with Gasteiger partial charge in [0, 0.05) is 19.1 Å². The molecule has 1 N–H and O–H groups in total. The second kappa shape index (κ2) is 4.11. The van der Waals surface area contributed by atoms with Crippen LogP contribution in [0.15, 0.2) is 0 Å². The van der Waals surface area contributed by atoms with Crippen LogP contribution in [0, 0.1) is 17.2 Å². The van der Waals surface area contributed by atoms with E-state index in [1.54, 1.807) is 0 Å². The van der Waals surface area contributed by atoms with Gasteiger partial charge in [-0.2, -0.15) is 5.26 Å². The van der Waals surface area contributed by atoms with Crippen molar-refractivity contribution in [1.82, 2.24) is 10.2 Å². The molecule has 3 nitrogen and oxygen atoms in total. The smallest absolute Gasteiger partial charge is 0.116 e. The lowest BCUT2D eigenvalue weighted by Crippen LogP contribution is -2.52. The molecule has 1 heterocycles. The topological polar surface area (TPSA) is 39.1 Å². The van der Waals surface area contributed by atoms with E-state index in [1.807, 2.05) is 6.92 Å². The summed E-state index contributed by atoms with van der Waals surface area (Å²) >= 11 is 0. The Morgan fingerprint density at radius 3 is 2.80 bits per heavy atom. The lowest BCUT2D eigenvalue weighted by molar-refractivity contribution is 0.176. The van der Waals surface area contributed by atoms with Crippen molar-refractivity contribution in [2.75, 3.05) is 19.6 Å². The number of likely N-dealkylation sites (N-methyl/N-ethyl adjacent to an activating group) is 1.